The molecule has 0 fully saturated rings. The van der Waals surface area contributed by atoms with Crippen molar-refractivity contribution in [3.8, 4) is 22.3 Å². The zero-order chi connectivity index (χ0) is 34.6. The van der Waals surface area contributed by atoms with E-state index >= 15 is 0 Å². The molecule has 52 heavy (non-hydrogen) atoms. The molecule has 0 N–H and O–H groups in total. The van der Waals surface area contributed by atoms with Crippen LogP contribution in [0.4, 0.5) is 17.1 Å². The van der Waals surface area contributed by atoms with Gasteiger partial charge in [-0.3, -0.25) is 0 Å². The largest absolute Gasteiger partial charge is 0.456 e. The van der Waals surface area contributed by atoms with E-state index in [0.717, 1.165) is 60.9 Å². The summed E-state index contributed by atoms with van der Waals surface area (Å²) in [5.41, 5.74) is 14.3. The minimum atomic E-state index is -0.127. The van der Waals surface area contributed by atoms with Crippen molar-refractivity contribution in [2.24, 2.45) is 0 Å². The van der Waals surface area contributed by atoms with Crippen LogP contribution in [-0.2, 0) is 5.41 Å². The molecule has 0 saturated carbocycles. The fourth-order valence-corrected chi connectivity index (χ4v) is 8.76. The van der Waals surface area contributed by atoms with Crippen molar-refractivity contribution in [1.29, 1.82) is 0 Å². The lowest BCUT2D eigenvalue weighted by Crippen LogP contribution is -2.16. The van der Waals surface area contributed by atoms with Gasteiger partial charge in [-0.25, -0.2) is 0 Å². The van der Waals surface area contributed by atoms with Crippen molar-refractivity contribution in [1.82, 2.24) is 0 Å². The van der Waals surface area contributed by atoms with Crippen molar-refractivity contribution < 1.29 is 8.83 Å². The molecule has 1 aliphatic rings. The van der Waals surface area contributed by atoms with Gasteiger partial charge in [-0.2, -0.15) is 0 Å². The lowest BCUT2D eigenvalue weighted by molar-refractivity contribution is 0.660. The summed E-state index contributed by atoms with van der Waals surface area (Å²) in [4.78, 5) is 2.39. The number of hydrogen-bond acceptors (Lipinski definition) is 3. The standard InChI is InChI=1S/C49H33NO2/c1-49(2)42-18-10-8-15-35(42)36-23-20-33(28-43(36)49)50(31-21-24-45-40(26-31)37-16-9-11-19-44(37)51-45)32-22-25-46-41(27-32)48-38-17-7-6-14-34(38)39(29-47(48)52-46)30-12-4-3-5-13-30/h3-29H,1-2H3. The first-order chi connectivity index (χ1) is 25.5. The molecule has 0 spiro atoms. The Kier molecular flexibility index (Phi) is 6.01. The van der Waals surface area contributed by atoms with Gasteiger partial charge >= 0.3 is 0 Å². The summed E-state index contributed by atoms with van der Waals surface area (Å²) in [6.07, 6.45) is 0. The van der Waals surface area contributed by atoms with Crippen molar-refractivity contribution in [3.63, 3.8) is 0 Å². The van der Waals surface area contributed by atoms with Crippen LogP contribution in [0.5, 0.6) is 0 Å². The van der Waals surface area contributed by atoms with Crippen LogP contribution in [0.25, 0.3) is 76.9 Å². The van der Waals surface area contributed by atoms with Crippen LogP contribution in [0, 0.1) is 0 Å². The minimum absolute atomic E-state index is 0.127. The Hall–Kier alpha value is -6.58. The monoisotopic (exact) mass is 667 g/mol. The van der Waals surface area contributed by atoms with Crippen LogP contribution < -0.4 is 4.90 Å². The molecule has 0 unspecified atom stereocenters. The van der Waals surface area contributed by atoms with Gasteiger partial charge in [0.05, 0.1) is 0 Å². The van der Waals surface area contributed by atoms with Gasteiger partial charge in [-0.15, -0.1) is 0 Å². The number of furan rings is 2. The highest BCUT2D eigenvalue weighted by molar-refractivity contribution is 6.22. The third-order valence-corrected chi connectivity index (χ3v) is 11.2. The van der Waals surface area contributed by atoms with Gasteiger partial charge < -0.3 is 13.7 Å². The van der Waals surface area contributed by atoms with Crippen molar-refractivity contribution >= 4 is 71.7 Å². The van der Waals surface area contributed by atoms with Gasteiger partial charge in [-0.05, 0) is 105 Å². The molecule has 3 heteroatoms. The summed E-state index contributed by atoms with van der Waals surface area (Å²) in [6.45, 7) is 4.68. The van der Waals surface area contributed by atoms with Gasteiger partial charge in [-0.1, -0.05) is 117 Å². The maximum absolute atomic E-state index is 6.66. The van der Waals surface area contributed by atoms with Crippen LogP contribution in [0.2, 0.25) is 0 Å². The molecule has 10 aromatic rings. The van der Waals surface area contributed by atoms with Crippen molar-refractivity contribution in [2.75, 3.05) is 4.90 Å². The molecule has 0 saturated heterocycles. The average molecular weight is 668 g/mol. The maximum atomic E-state index is 6.66. The quantitative estimate of drug-likeness (QED) is 0.187. The molecule has 2 heterocycles. The second kappa shape index (κ2) is 10.7. The van der Waals surface area contributed by atoms with Crippen LogP contribution >= 0.6 is 0 Å². The second-order valence-electron chi connectivity index (χ2n) is 14.5. The van der Waals surface area contributed by atoms with Crippen LogP contribution in [0.15, 0.2) is 173 Å². The summed E-state index contributed by atoms with van der Waals surface area (Å²) in [5, 5.41) is 6.84. The lowest BCUT2D eigenvalue weighted by Gasteiger charge is -2.28. The first-order valence-corrected chi connectivity index (χ1v) is 17.9. The third kappa shape index (κ3) is 4.14. The molecule has 0 aliphatic heterocycles. The molecular weight excluding hydrogens is 635 g/mol. The fourth-order valence-electron chi connectivity index (χ4n) is 8.76. The Labute approximate surface area is 301 Å². The van der Waals surface area contributed by atoms with E-state index in [0.29, 0.717) is 0 Å². The highest BCUT2D eigenvalue weighted by atomic mass is 16.3. The molecule has 246 valence electrons. The van der Waals surface area contributed by atoms with Crippen molar-refractivity contribution in [3.05, 3.63) is 175 Å². The summed E-state index contributed by atoms with van der Waals surface area (Å²) < 4.78 is 12.9. The Morgan fingerprint density at radius 3 is 1.79 bits per heavy atom. The molecule has 0 atom stereocenters. The van der Waals surface area contributed by atoms with E-state index in [1.165, 1.54) is 44.2 Å². The number of benzene rings is 8. The molecule has 2 aromatic heterocycles. The molecule has 1 aliphatic carbocycles. The summed E-state index contributed by atoms with van der Waals surface area (Å²) in [5.74, 6) is 0. The number of nitrogens with zero attached hydrogens (tertiary/aromatic N) is 1. The maximum Gasteiger partial charge on any atom is 0.136 e. The SMILES string of the molecule is CC1(C)c2ccccc2-c2ccc(N(c3ccc4oc5ccccc5c4c3)c3ccc4oc5cc(-c6ccccc6)c6ccccc6c5c4c3)cc21. The number of para-hydroxylation sites is 1. The molecule has 0 radical (unpaired) electrons. The Balaban J connectivity index is 1.16. The zero-order valence-corrected chi connectivity index (χ0v) is 28.9. The molecule has 3 nitrogen and oxygen atoms in total. The summed E-state index contributed by atoms with van der Waals surface area (Å²) in [6, 6.07) is 58.8. The average Bonchev–Trinajstić information content (AvgIpc) is 3.82. The van der Waals surface area contributed by atoms with Gasteiger partial charge in [0.25, 0.3) is 0 Å². The molecule has 11 rings (SSSR count). The predicted molar refractivity (Wildman–Crippen MR) is 216 cm³/mol. The molecular formula is C49H33NO2. The molecule has 0 bridgehead atoms. The number of anilines is 3. The summed E-state index contributed by atoms with van der Waals surface area (Å²) in [7, 11) is 0. The van der Waals surface area contributed by atoms with Crippen LogP contribution in [-0.4, -0.2) is 0 Å². The topological polar surface area (TPSA) is 29.5 Å². The van der Waals surface area contributed by atoms with Gasteiger partial charge in [0.1, 0.15) is 22.3 Å². The zero-order valence-electron chi connectivity index (χ0n) is 28.9. The fraction of sp³-hybridized carbons (Fsp3) is 0.0612. The van der Waals surface area contributed by atoms with E-state index in [9.17, 15) is 0 Å². The first-order valence-electron chi connectivity index (χ1n) is 17.9. The Morgan fingerprint density at radius 2 is 0.962 bits per heavy atom. The Morgan fingerprint density at radius 1 is 0.385 bits per heavy atom. The lowest BCUT2D eigenvalue weighted by atomic mass is 9.82. The second-order valence-corrected chi connectivity index (χ2v) is 14.5. The number of hydrogen-bond donors (Lipinski definition) is 0. The highest BCUT2D eigenvalue weighted by Gasteiger charge is 2.35. The van der Waals surface area contributed by atoms with E-state index in [4.69, 9.17) is 8.83 Å². The first kappa shape index (κ1) is 29.2. The Bertz CT molecular complexity index is 3050. The van der Waals surface area contributed by atoms with Crippen LogP contribution in [0.1, 0.15) is 25.0 Å². The van der Waals surface area contributed by atoms with E-state index < -0.39 is 0 Å². The third-order valence-electron chi connectivity index (χ3n) is 11.2. The number of rotatable bonds is 4. The number of fused-ring (bicyclic) bond motifs is 11. The molecule has 0 amide bonds. The van der Waals surface area contributed by atoms with Gasteiger partial charge in [0, 0.05) is 44.0 Å². The van der Waals surface area contributed by atoms with Gasteiger partial charge in [0.15, 0.2) is 0 Å². The predicted octanol–water partition coefficient (Wildman–Crippen LogP) is 14.1. The van der Waals surface area contributed by atoms with E-state index in [1.807, 2.05) is 12.1 Å². The molecule has 8 aromatic carbocycles. The minimum Gasteiger partial charge on any atom is -0.456 e. The van der Waals surface area contributed by atoms with Gasteiger partial charge in [0.2, 0.25) is 0 Å². The van der Waals surface area contributed by atoms with E-state index in [1.54, 1.807) is 0 Å². The highest BCUT2D eigenvalue weighted by Crippen LogP contribution is 2.51. The van der Waals surface area contributed by atoms with E-state index in [2.05, 4.69) is 170 Å². The van der Waals surface area contributed by atoms with Crippen LogP contribution in [0.3, 0.4) is 0 Å². The van der Waals surface area contributed by atoms with Crippen molar-refractivity contribution in [2.45, 2.75) is 19.3 Å². The summed E-state index contributed by atoms with van der Waals surface area (Å²) >= 11 is 0. The normalized spacial score (nSPS) is 13.3. The van der Waals surface area contributed by atoms with E-state index in [-0.39, 0.29) is 5.41 Å². The smallest absolute Gasteiger partial charge is 0.136 e.